The van der Waals surface area contributed by atoms with Crippen molar-refractivity contribution in [3.8, 4) is 0 Å². The predicted molar refractivity (Wildman–Crippen MR) is 132 cm³/mol. The van der Waals surface area contributed by atoms with Crippen LogP contribution >= 0.6 is 0 Å². The average molecular weight is 473 g/mol. The lowest BCUT2D eigenvalue weighted by Crippen LogP contribution is -2.02. The van der Waals surface area contributed by atoms with Gasteiger partial charge in [-0.25, -0.2) is 17.2 Å². The van der Waals surface area contributed by atoms with Gasteiger partial charge in [-0.1, -0.05) is 37.3 Å². The molecule has 178 valence electrons. The van der Waals surface area contributed by atoms with Gasteiger partial charge in [-0.2, -0.15) is 0 Å². The number of aryl methyl sites for hydroxylation is 5. The molecule has 0 aromatic heterocycles. The Morgan fingerprint density at radius 2 is 1.39 bits per heavy atom. The van der Waals surface area contributed by atoms with Gasteiger partial charge in [-0.15, -0.1) is 0 Å². The van der Waals surface area contributed by atoms with E-state index in [0.717, 1.165) is 47.9 Å². The van der Waals surface area contributed by atoms with E-state index in [1.165, 1.54) is 17.9 Å². The minimum absolute atomic E-state index is 0.0958. The molecule has 0 bridgehead atoms. The first-order valence-corrected chi connectivity index (χ1v) is 13.1. The van der Waals surface area contributed by atoms with E-state index in [-0.39, 0.29) is 11.6 Å². The van der Waals surface area contributed by atoms with Gasteiger partial charge in [0, 0.05) is 6.26 Å². The minimum atomic E-state index is -3.03. The summed E-state index contributed by atoms with van der Waals surface area (Å²) < 4.78 is 48.9. The van der Waals surface area contributed by atoms with E-state index in [2.05, 4.69) is 6.92 Å². The van der Waals surface area contributed by atoms with Crippen LogP contribution in [0.5, 0.6) is 0 Å². The molecule has 0 saturated carbocycles. The van der Waals surface area contributed by atoms with Gasteiger partial charge < -0.3 is 0 Å². The molecule has 3 rings (SSSR count). The highest BCUT2D eigenvalue weighted by molar-refractivity contribution is 7.90. The summed E-state index contributed by atoms with van der Waals surface area (Å²) in [6.07, 6.45) is 4.95. The molecule has 0 N–H and O–H groups in total. The first-order valence-electron chi connectivity index (χ1n) is 11.2. The SMILES string of the molecule is Cc1ccc(CCC(C)CCc2ccc(F)cc2C)c(F)c1.Cc1cccc(S(C)(=O)=O)c1. The Kier molecular flexibility index (Phi) is 9.78. The second kappa shape index (κ2) is 12.1. The van der Waals surface area contributed by atoms with Crippen molar-refractivity contribution < 1.29 is 17.2 Å². The van der Waals surface area contributed by atoms with Crippen LogP contribution < -0.4 is 0 Å². The van der Waals surface area contributed by atoms with Crippen molar-refractivity contribution in [2.45, 2.75) is 58.3 Å². The molecule has 1 atom stereocenters. The second-order valence-corrected chi connectivity index (χ2v) is 11.0. The third-order valence-corrected chi connectivity index (χ3v) is 6.85. The summed E-state index contributed by atoms with van der Waals surface area (Å²) >= 11 is 0. The number of sulfone groups is 1. The van der Waals surface area contributed by atoms with Crippen LogP contribution in [0, 0.1) is 38.3 Å². The summed E-state index contributed by atoms with van der Waals surface area (Å²) in [6, 6.07) is 17.3. The van der Waals surface area contributed by atoms with Gasteiger partial charge in [0.1, 0.15) is 11.6 Å². The largest absolute Gasteiger partial charge is 0.224 e. The van der Waals surface area contributed by atoms with E-state index in [1.54, 1.807) is 30.3 Å². The molecule has 0 aliphatic heterocycles. The zero-order valence-corrected chi connectivity index (χ0v) is 21.0. The van der Waals surface area contributed by atoms with Crippen LogP contribution in [0.1, 0.15) is 47.6 Å². The number of hydrogen-bond acceptors (Lipinski definition) is 2. The van der Waals surface area contributed by atoms with Crippen molar-refractivity contribution in [2.75, 3.05) is 6.26 Å². The molecule has 2 nitrogen and oxygen atoms in total. The van der Waals surface area contributed by atoms with Gasteiger partial charge in [-0.3, -0.25) is 0 Å². The summed E-state index contributed by atoms with van der Waals surface area (Å²) in [5.41, 5.74) is 4.94. The van der Waals surface area contributed by atoms with Crippen LogP contribution in [-0.4, -0.2) is 14.7 Å². The Labute approximate surface area is 197 Å². The second-order valence-electron chi connectivity index (χ2n) is 8.94. The molecular formula is C28H34F2O2S. The average Bonchev–Trinajstić information content (AvgIpc) is 2.72. The van der Waals surface area contributed by atoms with Crippen LogP contribution in [0.3, 0.4) is 0 Å². The Balaban J connectivity index is 0.000000294. The molecule has 0 aliphatic rings. The van der Waals surface area contributed by atoms with Crippen molar-refractivity contribution in [3.63, 3.8) is 0 Å². The van der Waals surface area contributed by atoms with E-state index >= 15 is 0 Å². The molecule has 0 fully saturated rings. The maximum atomic E-state index is 13.8. The maximum Gasteiger partial charge on any atom is 0.175 e. The molecule has 0 heterocycles. The first kappa shape index (κ1) is 26.7. The van der Waals surface area contributed by atoms with Crippen molar-refractivity contribution in [1.29, 1.82) is 0 Å². The number of benzene rings is 3. The standard InChI is InChI=1S/C20H24F2.C8H10O2S/c1-14(4-7-17-10-11-19(21)13-16(17)3)5-8-18-9-6-15(2)12-20(18)22;1-7-4-3-5-8(6-7)11(2,9)10/h6,9-14H,4-5,7-8H2,1-3H3;3-6H,1-2H3. The van der Waals surface area contributed by atoms with E-state index in [1.807, 2.05) is 45.0 Å². The molecule has 1 unspecified atom stereocenters. The Hall–Kier alpha value is -2.53. The van der Waals surface area contributed by atoms with E-state index in [9.17, 15) is 17.2 Å². The molecule has 0 saturated heterocycles. The monoisotopic (exact) mass is 472 g/mol. The molecule has 3 aromatic carbocycles. The smallest absolute Gasteiger partial charge is 0.175 e. The van der Waals surface area contributed by atoms with Crippen LogP contribution in [0.4, 0.5) is 8.78 Å². The molecule has 0 spiro atoms. The lowest BCUT2D eigenvalue weighted by molar-refractivity contribution is 0.484. The third kappa shape index (κ3) is 9.09. The quantitative estimate of drug-likeness (QED) is 0.365. The third-order valence-electron chi connectivity index (χ3n) is 5.74. The normalized spacial score (nSPS) is 12.1. The zero-order chi connectivity index (χ0) is 24.6. The Bertz CT molecular complexity index is 1110. The summed E-state index contributed by atoms with van der Waals surface area (Å²) in [7, 11) is -3.03. The van der Waals surface area contributed by atoms with Gasteiger partial charge in [0.15, 0.2) is 9.84 Å². The lowest BCUT2D eigenvalue weighted by atomic mass is 9.93. The van der Waals surface area contributed by atoms with Gasteiger partial charge in [0.2, 0.25) is 0 Å². The summed E-state index contributed by atoms with van der Waals surface area (Å²) in [4.78, 5) is 0.387. The lowest BCUT2D eigenvalue weighted by Gasteiger charge is -2.13. The fourth-order valence-electron chi connectivity index (χ4n) is 3.59. The molecule has 0 radical (unpaired) electrons. The van der Waals surface area contributed by atoms with E-state index in [4.69, 9.17) is 0 Å². The molecule has 5 heteroatoms. The van der Waals surface area contributed by atoms with E-state index in [0.29, 0.717) is 10.8 Å². The maximum absolute atomic E-state index is 13.8. The first-order chi connectivity index (χ1) is 15.5. The van der Waals surface area contributed by atoms with Crippen molar-refractivity contribution in [1.82, 2.24) is 0 Å². The van der Waals surface area contributed by atoms with Gasteiger partial charge in [0.05, 0.1) is 4.90 Å². The topological polar surface area (TPSA) is 34.1 Å². The van der Waals surface area contributed by atoms with Crippen LogP contribution in [-0.2, 0) is 22.7 Å². The van der Waals surface area contributed by atoms with Gasteiger partial charge in [0.25, 0.3) is 0 Å². The van der Waals surface area contributed by atoms with Crippen molar-refractivity contribution in [2.24, 2.45) is 5.92 Å². The minimum Gasteiger partial charge on any atom is -0.224 e. The van der Waals surface area contributed by atoms with E-state index < -0.39 is 9.84 Å². The molecular weight excluding hydrogens is 438 g/mol. The van der Waals surface area contributed by atoms with Crippen LogP contribution in [0.2, 0.25) is 0 Å². The van der Waals surface area contributed by atoms with Gasteiger partial charge >= 0.3 is 0 Å². The number of rotatable bonds is 7. The molecule has 33 heavy (non-hydrogen) atoms. The highest BCUT2D eigenvalue weighted by Gasteiger charge is 2.08. The molecule has 0 aliphatic carbocycles. The highest BCUT2D eigenvalue weighted by atomic mass is 32.2. The number of hydrogen-bond donors (Lipinski definition) is 0. The Morgan fingerprint density at radius 1 is 0.788 bits per heavy atom. The molecule has 3 aromatic rings. The fourth-order valence-corrected chi connectivity index (χ4v) is 4.31. The fraction of sp³-hybridized carbons (Fsp3) is 0.357. The highest BCUT2D eigenvalue weighted by Crippen LogP contribution is 2.20. The summed E-state index contributed by atoms with van der Waals surface area (Å²) in [5, 5.41) is 0. The summed E-state index contributed by atoms with van der Waals surface area (Å²) in [5.74, 6) is 0.246. The zero-order valence-electron chi connectivity index (χ0n) is 20.2. The van der Waals surface area contributed by atoms with Gasteiger partial charge in [-0.05, 0) is 111 Å². The Morgan fingerprint density at radius 3 is 1.94 bits per heavy atom. The van der Waals surface area contributed by atoms with Crippen molar-refractivity contribution >= 4 is 9.84 Å². The van der Waals surface area contributed by atoms with Crippen molar-refractivity contribution in [3.05, 3.63) is 100 Å². The van der Waals surface area contributed by atoms with Crippen LogP contribution in [0.25, 0.3) is 0 Å². The number of halogens is 2. The predicted octanol–water partition coefficient (Wildman–Crippen LogP) is 7.18. The van der Waals surface area contributed by atoms with Crippen LogP contribution in [0.15, 0.2) is 65.6 Å². The summed E-state index contributed by atoms with van der Waals surface area (Å²) in [6.45, 7) is 7.92. The molecule has 0 amide bonds.